The Morgan fingerprint density at radius 2 is 1.75 bits per heavy atom. The number of nitrogens with one attached hydrogen (secondary N) is 1. The molecule has 0 fully saturated rings. The van der Waals surface area contributed by atoms with Crippen LogP contribution in [-0.2, 0) is 4.79 Å². The molecular weight excluding hydrogens is 328 g/mol. The smallest absolute Gasteiger partial charge is 0.229 e. The fourth-order valence-corrected chi connectivity index (χ4v) is 2.50. The number of hydrogen-bond donors (Lipinski definition) is 2. The van der Waals surface area contributed by atoms with E-state index in [0.717, 1.165) is 5.56 Å². The summed E-state index contributed by atoms with van der Waals surface area (Å²) in [4.78, 5) is 12.4. The van der Waals surface area contributed by atoms with E-state index in [0.29, 0.717) is 30.4 Å². The molecule has 24 heavy (non-hydrogen) atoms. The molecule has 0 aromatic heterocycles. The van der Waals surface area contributed by atoms with Crippen LogP contribution >= 0.6 is 12.4 Å². The first-order chi connectivity index (χ1) is 11.1. The Kier molecular flexibility index (Phi) is 6.06. The van der Waals surface area contributed by atoms with Gasteiger partial charge in [0.25, 0.3) is 0 Å². The average molecular weight is 349 g/mol. The van der Waals surface area contributed by atoms with Crippen LogP contribution in [0, 0.1) is 5.92 Å². The number of hydrogen-bond acceptors (Lipinski definition) is 4. The molecule has 0 spiro atoms. The van der Waals surface area contributed by atoms with Crippen LogP contribution < -0.4 is 20.5 Å². The normalized spacial score (nSPS) is 14.9. The van der Waals surface area contributed by atoms with Crippen LogP contribution in [0.1, 0.15) is 18.5 Å². The van der Waals surface area contributed by atoms with Gasteiger partial charge in [0.05, 0.1) is 5.92 Å². The van der Waals surface area contributed by atoms with Crippen molar-refractivity contribution in [3.05, 3.63) is 54.1 Å². The lowest BCUT2D eigenvalue weighted by molar-refractivity contribution is -0.120. The Morgan fingerprint density at radius 3 is 2.46 bits per heavy atom. The summed E-state index contributed by atoms with van der Waals surface area (Å²) >= 11 is 0. The second kappa shape index (κ2) is 8.04. The Hall–Kier alpha value is -2.24. The molecule has 1 heterocycles. The summed E-state index contributed by atoms with van der Waals surface area (Å²) in [6, 6.07) is 14.6. The lowest BCUT2D eigenvalue weighted by Crippen LogP contribution is -2.30. The maximum Gasteiger partial charge on any atom is 0.229 e. The highest BCUT2D eigenvalue weighted by molar-refractivity contribution is 5.93. The number of nitrogens with two attached hydrogens (primary N) is 1. The summed E-state index contributed by atoms with van der Waals surface area (Å²) in [5.74, 6) is 0.862. The molecule has 1 aliphatic heterocycles. The second-order valence-electron chi connectivity index (χ2n) is 5.57. The summed E-state index contributed by atoms with van der Waals surface area (Å²) in [7, 11) is 0. The van der Waals surface area contributed by atoms with Gasteiger partial charge in [-0.05, 0) is 17.7 Å². The monoisotopic (exact) mass is 348 g/mol. The first-order valence-corrected chi connectivity index (χ1v) is 7.66. The number of carbonyl (C=O) groups excluding carboxylic acids is 1. The molecule has 2 unspecified atom stereocenters. The molecular formula is C18H21ClN2O3. The molecule has 0 bridgehead atoms. The van der Waals surface area contributed by atoms with E-state index in [1.807, 2.05) is 37.3 Å². The molecule has 3 rings (SSSR count). The SMILES string of the molecule is CC(C(=O)Nc1ccc2c(c1)OCCO2)C(N)c1ccccc1.Cl. The van der Waals surface area contributed by atoms with E-state index >= 15 is 0 Å². The fraction of sp³-hybridized carbons (Fsp3) is 0.278. The first-order valence-electron chi connectivity index (χ1n) is 7.66. The van der Waals surface area contributed by atoms with Crippen molar-refractivity contribution in [2.75, 3.05) is 18.5 Å². The lowest BCUT2D eigenvalue weighted by Gasteiger charge is -2.21. The third kappa shape index (κ3) is 3.99. The van der Waals surface area contributed by atoms with Crippen molar-refractivity contribution in [3.63, 3.8) is 0 Å². The predicted molar refractivity (Wildman–Crippen MR) is 95.8 cm³/mol. The number of rotatable bonds is 4. The Morgan fingerprint density at radius 1 is 1.08 bits per heavy atom. The van der Waals surface area contributed by atoms with Gasteiger partial charge in [0.2, 0.25) is 5.91 Å². The summed E-state index contributed by atoms with van der Waals surface area (Å²) in [5.41, 5.74) is 7.81. The van der Waals surface area contributed by atoms with Crippen LogP contribution in [0.3, 0.4) is 0 Å². The molecule has 1 amide bonds. The standard InChI is InChI=1S/C18H20N2O3.ClH/c1-12(17(19)13-5-3-2-4-6-13)18(21)20-14-7-8-15-16(11-14)23-10-9-22-15;/h2-8,11-12,17H,9-10,19H2,1H3,(H,20,21);1H. The van der Waals surface area contributed by atoms with Crippen molar-refractivity contribution < 1.29 is 14.3 Å². The van der Waals surface area contributed by atoms with Crippen LogP contribution in [0.2, 0.25) is 0 Å². The minimum atomic E-state index is -0.356. The number of benzene rings is 2. The van der Waals surface area contributed by atoms with E-state index in [1.54, 1.807) is 18.2 Å². The van der Waals surface area contributed by atoms with Crippen molar-refractivity contribution in [1.29, 1.82) is 0 Å². The fourth-order valence-electron chi connectivity index (χ4n) is 2.50. The van der Waals surface area contributed by atoms with Gasteiger partial charge in [0.15, 0.2) is 11.5 Å². The third-order valence-electron chi connectivity index (χ3n) is 3.95. The Balaban J connectivity index is 0.00000208. The molecule has 3 N–H and O–H groups in total. The van der Waals surface area contributed by atoms with E-state index in [-0.39, 0.29) is 30.3 Å². The largest absolute Gasteiger partial charge is 0.486 e. The lowest BCUT2D eigenvalue weighted by atomic mass is 9.94. The van der Waals surface area contributed by atoms with Crippen molar-refractivity contribution in [2.45, 2.75) is 13.0 Å². The molecule has 2 aromatic carbocycles. The Labute approximate surface area is 147 Å². The van der Waals surface area contributed by atoms with Gasteiger partial charge in [-0.1, -0.05) is 37.3 Å². The minimum Gasteiger partial charge on any atom is -0.486 e. The number of amides is 1. The number of fused-ring (bicyclic) bond motifs is 1. The third-order valence-corrected chi connectivity index (χ3v) is 3.95. The van der Waals surface area contributed by atoms with Gasteiger partial charge in [-0.15, -0.1) is 12.4 Å². The zero-order valence-electron chi connectivity index (χ0n) is 13.4. The van der Waals surface area contributed by atoms with Gasteiger partial charge in [-0.2, -0.15) is 0 Å². The van der Waals surface area contributed by atoms with Crippen molar-refractivity contribution >= 4 is 24.0 Å². The number of halogens is 1. The molecule has 2 atom stereocenters. The molecule has 5 nitrogen and oxygen atoms in total. The predicted octanol–water partition coefficient (Wildman–Crippen LogP) is 3.15. The first kappa shape index (κ1) is 18.1. The van der Waals surface area contributed by atoms with E-state index < -0.39 is 0 Å². The van der Waals surface area contributed by atoms with Crippen molar-refractivity contribution in [1.82, 2.24) is 0 Å². The van der Waals surface area contributed by atoms with Crippen LogP contribution in [0.15, 0.2) is 48.5 Å². The molecule has 0 aliphatic carbocycles. The Bertz CT molecular complexity index is 694. The molecule has 0 radical (unpaired) electrons. The second-order valence-corrected chi connectivity index (χ2v) is 5.57. The number of anilines is 1. The van der Waals surface area contributed by atoms with E-state index in [1.165, 1.54) is 0 Å². The zero-order chi connectivity index (χ0) is 16.2. The van der Waals surface area contributed by atoms with E-state index in [2.05, 4.69) is 5.32 Å². The highest BCUT2D eigenvalue weighted by Gasteiger charge is 2.22. The van der Waals surface area contributed by atoms with Crippen molar-refractivity contribution in [2.24, 2.45) is 11.7 Å². The topological polar surface area (TPSA) is 73.6 Å². The van der Waals surface area contributed by atoms with E-state index in [9.17, 15) is 4.79 Å². The molecule has 0 saturated carbocycles. The van der Waals surface area contributed by atoms with Crippen molar-refractivity contribution in [3.8, 4) is 11.5 Å². The summed E-state index contributed by atoms with van der Waals surface area (Å²) in [6.45, 7) is 2.88. The van der Waals surface area contributed by atoms with Gasteiger partial charge in [0, 0.05) is 17.8 Å². The molecule has 1 aliphatic rings. The average Bonchev–Trinajstić information content (AvgIpc) is 2.61. The van der Waals surface area contributed by atoms with Gasteiger partial charge in [0.1, 0.15) is 13.2 Å². The molecule has 128 valence electrons. The van der Waals surface area contributed by atoms with Gasteiger partial charge >= 0.3 is 0 Å². The van der Waals surface area contributed by atoms with E-state index in [4.69, 9.17) is 15.2 Å². The van der Waals surface area contributed by atoms with Crippen LogP contribution in [0.5, 0.6) is 11.5 Å². The highest BCUT2D eigenvalue weighted by atomic mass is 35.5. The van der Waals surface area contributed by atoms with Gasteiger partial charge in [-0.3, -0.25) is 4.79 Å². The zero-order valence-corrected chi connectivity index (χ0v) is 14.2. The minimum absolute atomic E-state index is 0. The number of carbonyl (C=O) groups is 1. The maximum absolute atomic E-state index is 12.4. The highest BCUT2D eigenvalue weighted by Crippen LogP contribution is 2.33. The molecule has 6 heteroatoms. The van der Waals surface area contributed by atoms with Crippen LogP contribution in [-0.4, -0.2) is 19.1 Å². The maximum atomic E-state index is 12.4. The molecule has 2 aromatic rings. The van der Waals surface area contributed by atoms with Gasteiger partial charge < -0.3 is 20.5 Å². The van der Waals surface area contributed by atoms with Crippen LogP contribution in [0.4, 0.5) is 5.69 Å². The molecule has 0 saturated heterocycles. The summed E-state index contributed by atoms with van der Waals surface area (Å²) in [5, 5.41) is 2.89. The summed E-state index contributed by atoms with van der Waals surface area (Å²) < 4.78 is 11.0. The number of ether oxygens (including phenoxy) is 2. The van der Waals surface area contributed by atoms with Gasteiger partial charge in [-0.25, -0.2) is 0 Å². The van der Waals surface area contributed by atoms with Crippen LogP contribution in [0.25, 0.3) is 0 Å². The summed E-state index contributed by atoms with van der Waals surface area (Å²) in [6.07, 6.45) is 0. The quantitative estimate of drug-likeness (QED) is 0.890.